The number of rotatable bonds is 3. The van der Waals surface area contributed by atoms with Crippen LogP contribution in [0.1, 0.15) is 12.0 Å². The molecule has 0 atom stereocenters. The zero-order valence-corrected chi connectivity index (χ0v) is 11.6. The van der Waals surface area contributed by atoms with Crippen LogP contribution < -0.4 is 0 Å². The quantitative estimate of drug-likeness (QED) is 0.860. The van der Waals surface area contributed by atoms with Gasteiger partial charge in [0.15, 0.2) is 0 Å². The second-order valence-corrected chi connectivity index (χ2v) is 6.13. The second kappa shape index (κ2) is 5.59. The Bertz CT molecular complexity index is 635. The van der Waals surface area contributed by atoms with Crippen molar-refractivity contribution in [1.29, 1.82) is 0 Å². The summed E-state index contributed by atoms with van der Waals surface area (Å²) >= 11 is 5.67. The number of hydrogen-bond acceptors (Lipinski definition) is 3. The summed E-state index contributed by atoms with van der Waals surface area (Å²) in [5.74, 6) is -0.675. The van der Waals surface area contributed by atoms with E-state index in [1.807, 2.05) is 6.07 Å². The Morgan fingerprint density at radius 2 is 1.89 bits per heavy atom. The molecule has 0 saturated heterocycles. The largest absolute Gasteiger partial charge is 0.278 e. The van der Waals surface area contributed by atoms with Crippen molar-refractivity contribution < 1.29 is 13.2 Å². The molecule has 0 spiro atoms. The third-order valence-corrected chi connectivity index (χ3v) is 4.38. The molecule has 100 valence electrons. The van der Waals surface area contributed by atoms with Gasteiger partial charge in [-0.05, 0) is 18.1 Å². The van der Waals surface area contributed by atoms with Gasteiger partial charge in [-0.15, -0.1) is 0 Å². The number of carbonyl (C=O) groups excluding carboxylic acids is 1. The molecule has 1 aromatic rings. The van der Waals surface area contributed by atoms with Crippen LogP contribution in [0.25, 0.3) is 6.08 Å². The molecule has 2 rings (SSSR count). The average molecular weight is 298 g/mol. The van der Waals surface area contributed by atoms with Gasteiger partial charge in [-0.25, -0.2) is 12.7 Å². The van der Waals surface area contributed by atoms with Crippen LogP contribution in [0.4, 0.5) is 0 Å². The minimum atomic E-state index is -3.79. The molecule has 19 heavy (non-hydrogen) atoms. The van der Waals surface area contributed by atoms with Crippen molar-refractivity contribution in [2.75, 3.05) is 6.54 Å². The van der Waals surface area contributed by atoms with Gasteiger partial charge in [0.1, 0.15) is 5.03 Å². The molecule has 1 aliphatic rings. The summed E-state index contributed by atoms with van der Waals surface area (Å²) in [6, 6.07) is 8.99. The molecule has 1 aromatic carbocycles. The van der Waals surface area contributed by atoms with Crippen LogP contribution in [0.3, 0.4) is 0 Å². The van der Waals surface area contributed by atoms with E-state index in [2.05, 4.69) is 0 Å². The van der Waals surface area contributed by atoms with Crippen LogP contribution in [0.2, 0.25) is 0 Å². The molecule has 0 bridgehead atoms. The third kappa shape index (κ3) is 3.24. The molecular formula is C13H12ClNO3S. The topological polar surface area (TPSA) is 54.5 Å². The van der Waals surface area contributed by atoms with Crippen molar-refractivity contribution in [3.8, 4) is 0 Å². The van der Waals surface area contributed by atoms with Crippen LogP contribution in [0, 0.1) is 0 Å². The molecule has 4 nitrogen and oxygen atoms in total. The van der Waals surface area contributed by atoms with E-state index in [1.165, 1.54) is 12.2 Å². The maximum absolute atomic E-state index is 12.0. The molecule has 1 aliphatic heterocycles. The predicted octanol–water partition coefficient (Wildman–Crippen LogP) is 2.34. The summed E-state index contributed by atoms with van der Waals surface area (Å²) < 4.78 is 24.9. The second-order valence-electron chi connectivity index (χ2n) is 3.98. The van der Waals surface area contributed by atoms with Crippen molar-refractivity contribution in [2.45, 2.75) is 6.42 Å². The predicted molar refractivity (Wildman–Crippen MR) is 74.7 cm³/mol. The maximum atomic E-state index is 12.0. The first-order valence-electron chi connectivity index (χ1n) is 5.66. The SMILES string of the molecule is O=C1C(Cl)=CCCN1S(=O)(=O)/C=C/c1ccccc1. The fraction of sp³-hybridized carbons (Fsp3) is 0.154. The van der Waals surface area contributed by atoms with Crippen LogP contribution in [0.15, 0.2) is 46.8 Å². The van der Waals surface area contributed by atoms with Gasteiger partial charge < -0.3 is 0 Å². The molecule has 0 aromatic heterocycles. The molecular weight excluding hydrogens is 286 g/mol. The molecule has 0 radical (unpaired) electrons. The number of benzene rings is 1. The summed E-state index contributed by atoms with van der Waals surface area (Å²) in [5, 5.41) is 0.971. The fourth-order valence-corrected chi connectivity index (χ4v) is 3.09. The van der Waals surface area contributed by atoms with Gasteiger partial charge in [-0.2, -0.15) is 0 Å². The number of nitrogens with zero attached hydrogens (tertiary/aromatic N) is 1. The Balaban J connectivity index is 2.22. The summed E-state index contributed by atoms with van der Waals surface area (Å²) in [4.78, 5) is 11.7. The van der Waals surface area contributed by atoms with Crippen molar-refractivity contribution in [3.05, 3.63) is 52.4 Å². The van der Waals surface area contributed by atoms with Crippen molar-refractivity contribution in [1.82, 2.24) is 4.31 Å². The Morgan fingerprint density at radius 3 is 2.58 bits per heavy atom. The lowest BCUT2D eigenvalue weighted by Crippen LogP contribution is -2.38. The summed E-state index contributed by atoms with van der Waals surface area (Å²) in [7, 11) is -3.79. The highest BCUT2D eigenvalue weighted by molar-refractivity contribution is 7.92. The molecule has 0 aliphatic carbocycles. The van der Waals surface area contributed by atoms with Gasteiger partial charge in [0.05, 0.1) is 5.41 Å². The lowest BCUT2D eigenvalue weighted by atomic mass is 10.2. The first-order valence-corrected chi connectivity index (χ1v) is 7.55. The smallest absolute Gasteiger partial charge is 0.267 e. The van der Waals surface area contributed by atoms with E-state index >= 15 is 0 Å². The van der Waals surface area contributed by atoms with E-state index in [0.717, 1.165) is 15.3 Å². The average Bonchev–Trinajstić information content (AvgIpc) is 2.41. The summed E-state index contributed by atoms with van der Waals surface area (Å²) in [6.45, 7) is 0.122. The van der Waals surface area contributed by atoms with Crippen LogP contribution >= 0.6 is 11.6 Å². The summed E-state index contributed by atoms with van der Waals surface area (Å²) in [6.07, 6.45) is 3.41. The van der Waals surface area contributed by atoms with Crippen LogP contribution in [0.5, 0.6) is 0 Å². The zero-order chi connectivity index (χ0) is 13.9. The van der Waals surface area contributed by atoms with Gasteiger partial charge in [-0.3, -0.25) is 4.79 Å². The normalized spacial score (nSPS) is 16.8. The minimum Gasteiger partial charge on any atom is -0.267 e. The molecule has 1 amide bonds. The number of carbonyl (C=O) groups is 1. The number of halogens is 1. The van der Waals surface area contributed by atoms with Gasteiger partial charge in [0.2, 0.25) is 0 Å². The standard InChI is InChI=1S/C13H12ClNO3S/c14-12-7-4-9-15(13(12)16)19(17,18)10-8-11-5-2-1-3-6-11/h1-3,5-8,10H,4,9H2/b10-8+. The van der Waals surface area contributed by atoms with Gasteiger partial charge in [0.25, 0.3) is 15.9 Å². The minimum absolute atomic E-state index is 0.0528. The number of sulfonamides is 1. The lowest BCUT2D eigenvalue weighted by Gasteiger charge is -2.22. The fourth-order valence-electron chi connectivity index (χ4n) is 1.66. The first-order chi connectivity index (χ1) is 9.00. The Morgan fingerprint density at radius 1 is 1.21 bits per heavy atom. The van der Waals surface area contributed by atoms with Gasteiger partial charge >= 0.3 is 0 Å². The highest BCUT2D eigenvalue weighted by Crippen LogP contribution is 2.19. The van der Waals surface area contributed by atoms with Gasteiger partial charge in [0, 0.05) is 6.54 Å². The molecule has 6 heteroatoms. The molecule has 0 fully saturated rings. The first kappa shape index (κ1) is 13.8. The lowest BCUT2D eigenvalue weighted by molar-refractivity contribution is -0.122. The van der Waals surface area contributed by atoms with E-state index in [-0.39, 0.29) is 11.6 Å². The highest BCUT2D eigenvalue weighted by Gasteiger charge is 2.29. The van der Waals surface area contributed by atoms with Crippen molar-refractivity contribution in [2.24, 2.45) is 0 Å². The Hall–Kier alpha value is -1.59. The van der Waals surface area contributed by atoms with Gasteiger partial charge in [-0.1, -0.05) is 48.0 Å². The Labute approximate surface area is 117 Å². The Kier molecular flexibility index (Phi) is 4.07. The van der Waals surface area contributed by atoms with Crippen LogP contribution in [-0.4, -0.2) is 25.2 Å². The summed E-state index contributed by atoms with van der Waals surface area (Å²) in [5.41, 5.74) is 0.747. The number of hydrogen-bond donors (Lipinski definition) is 0. The van der Waals surface area contributed by atoms with E-state index < -0.39 is 15.9 Å². The van der Waals surface area contributed by atoms with E-state index in [4.69, 9.17) is 11.6 Å². The third-order valence-electron chi connectivity index (χ3n) is 2.63. The van der Waals surface area contributed by atoms with Crippen molar-refractivity contribution in [3.63, 3.8) is 0 Å². The van der Waals surface area contributed by atoms with Crippen LogP contribution in [-0.2, 0) is 14.8 Å². The van der Waals surface area contributed by atoms with Crippen molar-refractivity contribution >= 4 is 33.6 Å². The molecule has 0 N–H and O–H groups in total. The molecule has 0 unspecified atom stereocenters. The monoisotopic (exact) mass is 297 g/mol. The maximum Gasteiger partial charge on any atom is 0.278 e. The number of amides is 1. The molecule has 0 saturated carbocycles. The zero-order valence-electron chi connectivity index (χ0n) is 9.99. The molecule has 1 heterocycles. The van der Waals surface area contributed by atoms with E-state index in [1.54, 1.807) is 24.3 Å². The van der Waals surface area contributed by atoms with E-state index in [9.17, 15) is 13.2 Å². The van der Waals surface area contributed by atoms with E-state index in [0.29, 0.717) is 6.42 Å². The highest BCUT2D eigenvalue weighted by atomic mass is 35.5.